The Hall–Kier alpha value is -3.03. The molecule has 2 aromatic carbocycles. The maximum Gasteiger partial charge on any atom is 0.416 e. The van der Waals surface area contributed by atoms with Gasteiger partial charge in [-0.3, -0.25) is 9.59 Å². The summed E-state index contributed by atoms with van der Waals surface area (Å²) in [5.41, 5.74) is 5.16. The van der Waals surface area contributed by atoms with E-state index < -0.39 is 23.6 Å². The van der Waals surface area contributed by atoms with Crippen LogP contribution in [-0.4, -0.2) is 29.3 Å². The van der Waals surface area contributed by atoms with E-state index in [0.29, 0.717) is 5.69 Å². The fourth-order valence-corrected chi connectivity index (χ4v) is 2.52. The van der Waals surface area contributed by atoms with Crippen molar-refractivity contribution in [1.82, 2.24) is 4.90 Å². The minimum absolute atomic E-state index is 0.191. The molecular weight excluding hydrogens is 359 g/mol. The third-order valence-electron chi connectivity index (χ3n) is 3.84. The Morgan fingerprint density at radius 2 is 1.78 bits per heavy atom. The number of nitrogens with one attached hydrogen (secondary N) is 1. The molecule has 8 heteroatoms. The van der Waals surface area contributed by atoms with Gasteiger partial charge in [0.2, 0.25) is 5.91 Å². The fourth-order valence-electron chi connectivity index (χ4n) is 2.52. The summed E-state index contributed by atoms with van der Waals surface area (Å²) in [6.45, 7) is 3.22. The van der Waals surface area contributed by atoms with Gasteiger partial charge in [0, 0.05) is 11.7 Å². The monoisotopic (exact) mass is 379 g/mol. The molecule has 0 aliphatic carbocycles. The number of benzene rings is 2. The lowest BCUT2D eigenvalue weighted by molar-refractivity contribution is -0.137. The zero-order valence-electron chi connectivity index (χ0n) is 14.9. The van der Waals surface area contributed by atoms with Gasteiger partial charge in [-0.2, -0.15) is 13.2 Å². The predicted octanol–water partition coefficient (Wildman–Crippen LogP) is 3.78. The first kappa shape index (κ1) is 20.3. The van der Waals surface area contributed by atoms with Crippen molar-refractivity contribution in [3.8, 4) is 0 Å². The molecule has 0 saturated carbocycles. The summed E-state index contributed by atoms with van der Waals surface area (Å²) in [4.78, 5) is 25.4. The van der Waals surface area contributed by atoms with Gasteiger partial charge < -0.3 is 16.0 Å². The highest BCUT2D eigenvalue weighted by Crippen LogP contribution is 2.32. The number of anilines is 2. The molecule has 0 atom stereocenters. The van der Waals surface area contributed by atoms with Gasteiger partial charge in [-0.05, 0) is 44.2 Å². The van der Waals surface area contributed by atoms with Crippen molar-refractivity contribution in [2.75, 3.05) is 11.9 Å². The Kier molecular flexibility index (Phi) is 6.09. The normalized spacial score (nSPS) is 11.3. The molecule has 0 aliphatic heterocycles. The number of nitrogens with two attached hydrogens (primary N) is 1. The molecule has 2 aromatic rings. The maximum atomic E-state index is 12.9. The number of primary amides is 1. The molecule has 3 N–H and O–H groups in total. The van der Waals surface area contributed by atoms with E-state index in [1.165, 1.54) is 23.1 Å². The standard InChI is InChI=1S/C19H20F3N3O2/c1-12(2)25(11-17(23)26)18(27)15-8-3-4-9-16(15)24-14-7-5-6-13(10-14)19(20,21)22/h3-10,12,24H,11H2,1-2H3,(H2,23,26). The van der Waals surface area contributed by atoms with Crippen LogP contribution in [0.25, 0.3) is 0 Å². The molecule has 144 valence electrons. The first-order valence-corrected chi connectivity index (χ1v) is 8.22. The lowest BCUT2D eigenvalue weighted by atomic mass is 10.1. The molecular formula is C19H20F3N3O2. The van der Waals surface area contributed by atoms with Gasteiger partial charge >= 0.3 is 6.18 Å². The molecule has 5 nitrogen and oxygen atoms in total. The van der Waals surface area contributed by atoms with Crippen LogP contribution in [0.15, 0.2) is 48.5 Å². The van der Waals surface area contributed by atoms with Crippen molar-refractivity contribution in [2.24, 2.45) is 5.73 Å². The highest BCUT2D eigenvalue weighted by atomic mass is 19.4. The SMILES string of the molecule is CC(C)N(CC(N)=O)C(=O)c1ccccc1Nc1cccc(C(F)(F)F)c1. The minimum atomic E-state index is -4.47. The highest BCUT2D eigenvalue weighted by molar-refractivity contribution is 6.01. The summed E-state index contributed by atoms with van der Waals surface area (Å²) in [7, 11) is 0. The van der Waals surface area contributed by atoms with E-state index in [1.807, 2.05) is 0 Å². The largest absolute Gasteiger partial charge is 0.416 e. The van der Waals surface area contributed by atoms with Crippen LogP contribution in [0.5, 0.6) is 0 Å². The Morgan fingerprint density at radius 1 is 1.11 bits per heavy atom. The van der Waals surface area contributed by atoms with Crippen LogP contribution in [0.3, 0.4) is 0 Å². The molecule has 2 amide bonds. The second-order valence-electron chi connectivity index (χ2n) is 6.24. The van der Waals surface area contributed by atoms with Gasteiger partial charge in [-0.1, -0.05) is 18.2 Å². The summed E-state index contributed by atoms with van der Waals surface area (Å²) in [5.74, 6) is -1.10. The van der Waals surface area contributed by atoms with E-state index in [0.717, 1.165) is 12.1 Å². The Morgan fingerprint density at radius 3 is 2.37 bits per heavy atom. The summed E-state index contributed by atoms with van der Waals surface area (Å²) < 4.78 is 38.7. The number of para-hydroxylation sites is 1. The van der Waals surface area contributed by atoms with Gasteiger partial charge in [0.1, 0.15) is 0 Å². The second-order valence-corrected chi connectivity index (χ2v) is 6.24. The minimum Gasteiger partial charge on any atom is -0.368 e. The van der Waals surface area contributed by atoms with E-state index in [-0.39, 0.29) is 23.8 Å². The number of hydrogen-bond donors (Lipinski definition) is 2. The number of amides is 2. The van der Waals surface area contributed by atoms with Crippen molar-refractivity contribution < 1.29 is 22.8 Å². The number of halogens is 3. The molecule has 0 aromatic heterocycles. The van der Waals surface area contributed by atoms with Crippen LogP contribution < -0.4 is 11.1 Å². The Balaban J connectivity index is 2.36. The van der Waals surface area contributed by atoms with Crippen LogP contribution in [0, 0.1) is 0 Å². The predicted molar refractivity (Wildman–Crippen MR) is 96.5 cm³/mol. The molecule has 0 fully saturated rings. The number of alkyl halides is 3. The van der Waals surface area contributed by atoms with Gasteiger partial charge in [0.15, 0.2) is 0 Å². The highest BCUT2D eigenvalue weighted by Gasteiger charge is 2.30. The molecule has 0 heterocycles. The smallest absolute Gasteiger partial charge is 0.368 e. The number of carbonyl (C=O) groups excluding carboxylic acids is 2. The van der Waals surface area contributed by atoms with Crippen molar-refractivity contribution in [1.29, 1.82) is 0 Å². The van der Waals surface area contributed by atoms with E-state index in [9.17, 15) is 22.8 Å². The summed E-state index contributed by atoms with van der Waals surface area (Å²) >= 11 is 0. The summed E-state index contributed by atoms with van der Waals surface area (Å²) in [6, 6.07) is 10.8. The number of carbonyl (C=O) groups is 2. The molecule has 0 unspecified atom stereocenters. The molecule has 2 rings (SSSR count). The van der Waals surface area contributed by atoms with Crippen molar-refractivity contribution in [2.45, 2.75) is 26.1 Å². The van der Waals surface area contributed by atoms with Crippen molar-refractivity contribution >= 4 is 23.2 Å². The van der Waals surface area contributed by atoms with Gasteiger partial charge in [-0.15, -0.1) is 0 Å². The van der Waals surface area contributed by atoms with Crippen LogP contribution in [0.4, 0.5) is 24.5 Å². The maximum absolute atomic E-state index is 12.9. The first-order chi connectivity index (χ1) is 12.6. The third-order valence-corrected chi connectivity index (χ3v) is 3.84. The molecule has 0 radical (unpaired) electrons. The lowest BCUT2D eigenvalue weighted by Gasteiger charge is -2.26. The Bertz CT molecular complexity index is 835. The van der Waals surface area contributed by atoms with E-state index >= 15 is 0 Å². The average molecular weight is 379 g/mol. The van der Waals surface area contributed by atoms with Gasteiger partial charge in [0.05, 0.1) is 23.4 Å². The zero-order valence-corrected chi connectivity index (χ0v) is 14.9. The fraction of sp³-hybridized carbons (Fsp3) is 0.263. The molecule has 0 saturated heterocycles. The second kappa shape index (κ2) is 8.11. The molecule has 0 bridgehead atoms. The summed E-state index contributed by atoms with van der Waals surface area (Å²) in [5, 5.41) is 2.85. The number of rotatable bonds is 6. The first-order valence-electron chi connectivity index (χ1n) is 8.22. The topological polar surface area (TPSA) is 75.4 Å². The molecule has 0 aliphatic rings. The van der Waals surface area contributed by atoms with Gasteiger partial charge in [0.25, 0.3) is 5.91 Å². The van der Waals surface area contributed by atoms with Crippen LogP contribution in [-0.2, 0) is 11.0 Å². The van der Waals surface area contributed by atoms with E-state index in [4.69, 9.17) is 5.73 Å². The number of hydrogen-bond acceptors (Lipinski definition) is 3. The lowest BCUT2D eigenvalue weighted by Crippen LogP contribution is -2.42. The number of nitrogens with zero attached hydrogens (tertiary/aromatic N) is 1. The van der Waals surface area contributed by atoms with Crippen LogP contribution >= 0.6 is 0 Å². The van der Waals surface area contributed by atoms with E-state index in [2.05, 4.69) is 5.32 Å². The third kappa shape index (κ3) is 5.22. The Labute approximate surface area is 155 Å². The van der Waals surface area contributed by atoms with Crippen LogP contribution in [0.2, 0.25) is 0 Å². The van der Waals surface area contributed by atoms with Crippen molar-refractivity contribution in [3.05, 3.63) is 59.7 Å². The molecule has 0 spiro atoms. The quantitative estimate of drug-likeness (QED) is 0.802. The zero-order chi connectivity index (χ0) is 20.2. The average Bonchev–Trinajstić information content (AvgIpc) is 2.59. The van der Waals surface area contributed by atoms with Crippen molar-refractivity contribution in [3.63, 3.8) is 0 Å². The van der Waals surface area contributed by atoms with Gasteiger partial charge in [-0.25, -0.2) is 0 Å². The van der Waals surface area contributed by atoms with E-state index in [1.54, 1.807) is 32.0 Å². The van der Waals surface area contributed by atoms with Crippen LogP contribution in [0.1, 0.15) is 29.8 Å². The summed E-state index contributed by atoms with van der Waals surface area (Å²) in [6.07, 6.45) is -4.47. The molecule has 27 heavy (non-hydrogen) atoms.